The second kappa shape index (κ2) is 15.5. The molecule has 0 aliphatic heterocycles. The summed E-state index contributed by atoms with van der Waals surface area (Å²) in [5.74, 6) is 0. The molecule has 0 saturated carbocycles. The maximum atomic E-state index is 6.91. The zero-order valence-electron chi connectivity index (χ0n) is 39.5. The highest BCUT2D eigenvalue weighted by Gasteiger charge is 2.25. The molecule has 15 aromatic rings. The molecular weight excluding hydrogens is 891 g/mol. The Bertz CT molecular complexity index is 4280. The van der Waals surface area contributed by atoms with Crippen molar-refractivity contribution in [1.82, 2.24) is 13.7 Å². The first-order valence-electron chi connectivity index (χ1n) is 24.7. The lowest BCUT2D eigenvalue weighted by Gasteiger charge is -2.26. The Morgan fingerprint density at radius 3 is 0.781 bits per heavy atom. The zero-order valence-corrected chi connectivity index (χ0v) is 39.5. The van der Waals surface area contributed by atoms with E-state index < -0.39 is 0 Å². The van der Waals surface area contributed by atoms with Crippen molar-refractivity contribution >= 4 is 132 Å². The number of anilines is 6. The highest BCUT2D eigenvalue weighted by Crippen LogP contribution is 2.48. The lowest BCUT2D eigenvalue weighted by Crippen LogP contribution is -2.10. The molecule has 0 spiro atoms. The molecule has 0 aliphatic rings. The minimum absolute atomic E-state index is 0.748. The maximum Gasteiger partial charge on any atom is 0.0568 e. The third-order valence-corrected chi connectivity index (χ3v) is 15.2. The summed E-state index contributed by atoms with van der Waals surface area (Å²) in [5.41, 5.74) is 35.5. The molecule has 7 heteroatoms. The van der Waals surface area contributed by atoms with Crippen molar-refractivity contribution in [2.24, 2.45) is 0 Å². The summed E-state index contributed by atoms with van der Waals surface area (Å²) in [6.07, 6.45) is 0. The molecule has 3 heterocycles. The largest absolute Gasteiger partial charge is 0.398 e. The third-order valence-electron chi connectivity index (χ3n) is 15.2. The molecule has 0 atom stereocenters. The summed E-state index contributed by atoms with van der Waals surface area (Å²) in [4.78, 5) is 2.41. The Balaban J connectivity index is 1.07. The average Bonchev–Trinajstić information content (AvgIpc) is 4.07. The van der Waals surface area contributed by atoms with Crippen LogP contribution in [0.1, 0.15) is 0 Å². The summed E-state index contributed by atoms with van der Waals surface area (Å²) in [5, 5.41) is 13.4. The minimum atomic E-state index is 0.748. The van der Waals surface area contributed by atoms with E-state index in [4.69, 9.17) is 17.2 Å². The van der Waals surface area contributed by atoms with Crippen LogP contribution in [0.5, 0.6) is 0 Å². The van der Waals surface area contributed by atoms with Crippen LogP contribution in [0.15, 0.2) is 237 Å². The number of para-hydroxylation sites is 3. The normalized spacial score (nSPS) is 12.0. The topological polar surface area (TPSA) is 96.1 Å². The van der Waals surface area contributed by atoms with E-state index in [0.717, 1.165) is 133 Å². The molecule has 0 fully saturated rings. The number of nitrogen functional groups attached to an aromatic ring is 3. The number of nitrogens with two attached hydrogens (primary N) is 3. The van der Waals surface area contributed by atoms with Gasteiger partial charge in [-0.05, 0) is 107 Å². The van der Waals surface area contributed by atoms with Crippen molar-refractivity contribution in [3.8, 4) is 17.1 Å². The van der Waals surface area contributed by atoms with Gasteiger partial charge in [-0.1, -0.05) is 146 Å². The van der Waals surface area contributed by atoms with Gasteiger partial charge in [0.25, 0.3) is 0 Å². The van der Waals surface area contributed by atoms with E-state index in [2.05, 4.69) is 255 Å². The van der Waals surface area contributed by atoms with Gasteiger partial charge in [-0.2, -0.15) is 0 Å². The highest BCUT2D eigenvalue weighted by atomic mass is 15.2. The molecular formula is C66H45N7. The van der Waals surface area contributed by atoms with Crippen LogP contribution in [0.25, 0.3) is 115 Å². The summed E-state index contributed by atoms with van der Waals surface area (Å²) in [6, 6.07) is 84.5. The van der Waals surface area contributed by atoms with E-state index in [1.54, 1.807) is 0 Å². The van der Waals surface area contributed by atoms with E-state index in [1.165, 1.54) is 16.2 Å². The van der Waals surface area contributed by atoms with Crippen molar-refractivity contribution in [1.29, 1.82) is 0 Å². The van der Waals surface area contributed by atoms with E-state index in [9.17, 15) is 0 Å². The lowest BCUT2D eigenvalue weighted by atomic mass is 10.0. The Morgan fingerprint density at radius 1 is 0.233 bits per heavy atom. The lowest BCUT2D eigenvalue weighted by molar-refractivity contribution is 1.17. The fraction of sp³-hybridized carbons (Fsp3) is 0. The van der Waals surface area contributed by atoms with Crippen molar-refractivity contribution in [2.75, 3.05) is 22.1 Å². The van der Waals surface area contributed by atoms with Crippen LogP contribution < -0.4 is 22.1 Å². The Morgan fingerprint density at radius 2 is 0.493 bits per heavy atom. The van der Waals surface area contributed by atoms with Crippen LogP contribution >= 0.6 is 0 Å². The molecule has 15 rings (SSSR count). The summed E-state index contributed by atoms with van der Waals surface area (Å²) in [6.45, 7) is 0. The molecule has 0 radical (unpaired) electrons. The van der Waals surface area contributed by atoms with Gasteiger partial charge in [0.2, 0.25) is 0 Å². The van der Waals surface area contributed by atoms with Crippen LogP contribution in [-0.4, -0.2) is 13.7 Å². The predicted molar refractivity (Wildman–Crippen MR) is 310 cm³/mol. The van der Waals surface area contributed by atoms with Gasteiger partial charge in [0.05, 0.1) is 33.1 Å². The van der Waals surface area contributed by atoms with Crippen molar-refractivity contribution in [3.05, 3.63) is 237 Å². The van der Waals surface area contributed by atoms with Gasteiger partial charge in [0.1, 0.15) is 0 Å². The Labute approximate surface area is 419 Å². The van der Waals surface area contributed by atoms with Crippen molar-refractivity contribution in [3.63, 3.8) is 0 Å². The average molecular weight is 936 g/mol. The summed E-state index contributed by atoms with van der Waals surface area (Å²) in [7, 11) is 0. The van der Waals surface area contributed by atoms with Gasteiger partial charge in [-0.15, -0.1) is 0 Å². The maximum absolute atomic E-state index is 6.91. The smallest absolute Gasteiger partial charge is 0.0568 e. The third kappa shape index (κ3) is 5.94. The monoisotopic (exact) mass is 935 g/mol. The Hall–Kier alpha value is -9.98. The number of benzene rings is 12. The van der Waals surface area contributed by atoms with Gasteiger partial charge in [0.15, 0.2) is 0 Å². The number of hydrogen-bond donors (Lipinski definition) is 3. The fourth-order valence-corrected chi connectivity index (χ4v) is 12.1. The number of rotatable bonds is 6. The van der Waals surface area contributed by atoms with Crippen molar-refractivity contribution < 1.29 is 0 Å². The molecule has 7 nitrogen and oxygen atoms in total. The Kier molecular flexibility index (Phi) is 8.68. The molecule has 0 amide bonds. The van der Waals surface area contributed by atoms with E-state index >= 15 is 0 Å². The van der Waals surface area contributed by atoms with Gasteiger partial charge in [-0.3, -0.25) is 0 Å². The number of hydrogen-bond acceptors (Lipinski definition) is 4. The van der Waals surface area contributed by atoms with Gasteiger partial charge >= 0.3 is 0 Å². The van der Waals surface area contributed by atoms with Crippen molar-refractivity contribution in [2.45, 2.75) is 0 Å². The first-order chi connectivity index (χ1) is 36.0. The zero-order chi connectivity index (χ0) is 48.5. The van der Waals surface area contributed by atoms with Crippen LogP contribution in [0.3, 0.4) is 0 Å². The second-order valence-electron chi connectivity index (χ2n) is 19.2. The predicted octanol–water partition coefficient (Wildman–Crippen LogP) is 16.7. The first-order valence-corrected chi connectivity index (χ1v) is 24.7. The van der Waals surface area contributed by atoms with Crippen LogP contribution in [0.2, 0.25) is 0 Å². The molecule has 0 saturated heterocycles. The molecule has 6 N–H and O–H groups in total. The molecule has 344 valence electrons. The van der Waals surface area contributed by atoms with Gasteiger partial charge in [0, 0.05) is 99.7 Å². The molecule has 0 aliphatic carbocycles. The summed E-state index contributed by atoms with van der Waals surface area (Å²) < 4.78 is 7.10. The van der Waals surface area contributed by atoms with E-state index in [-0.39, 0.29) is 0 Å². The number of nitrogens with zero attached hydrogens (tertiary/aromatic N) is 4. The minimum Gasteiger partial charge on any atom is -0.398 e. The SMILES string of the molecule is Nc1cc2c(c3ccccc13)c1ccc(N(c3ccc4c5c6ccccc6c(N)cc5n(-c5ccccc5)c4c3)c3ccc4c5c6ccccc6c(N)cc5n(-c5ccccc5)c4c3)cc1n2-c1ccccc1. The number of aromatic nitrogens is 3. The van der Waals surface area contributed by atoms with Gasteiger partial charge < -0.3 is 35.8 Å². The number of fused-ring (bicyclic) bond motifs is 15. The van der Waals surface area contributed by atoms with Gasteiger partial charge in [-0.25, -0.2) is 0 Å². The standard InChI is InChI=1S/C66H45N7/c67-55-37-61-64(49-25-13-10-22-46(49)55)52-31-28-43(34-58(52)71(61)40-16-4-1-5-17-40)70(44-29-32-53-59(35-44)72(41-18-6-2-7-19-41)62-38-56(68)47-23-11-14-26-50(47)65(53)62)45-30-33-54-60(36-45)73(42-20-8-3-9-21-42)63-39-57(69)48-24-12-15-27-51(48)66(54)63/h1-39H,67-69H2. The van der Waals surface area contributed by atoms with Crippen LogP contribution in [-0.2, 0) is 0 Å². The molecule has 0 bridgehead atoms. The summed E-state index contributed by atoms with van der Waals surface area (Å²) >= 11 is 0. The molecule has 0 unspecified atom stereocenters. The quantitative estimate of drug-likeness (QED) is 0.145. The van der Waals surface area contributed by atoms with E-state index in [0.29, 0.717) is 0 Å². The first kappa shape index (κ1) is 40.9. The van der Waals surface area contributed by atoms with Crippen LogP contribution in [0.4, 0.5) is 34.1 Å². The molecule has 12 aromatic carbocycles. The van der Waals surface area contributed by atoms with Crippen LogP contribution in [0, 0.1) is 0 Å². The second-order valence-corrected chi connectivity index (χ2v) is 19.2. The molecule has 3 aromatic heterocycles. The molecule has 73 heavy (non-hydrogen) atoms. The van der Waals surface area contributed by atoms with E-state index in [1.807, 2.05) is 0 Å². The fourth-order valence-electron chi connectivity index (χ4n) is 12.1. The highest BCUT2D eigenvalue weighted by molar-refractivity contribution is 6.27.